The Morgan fingerprint density at radius 2 is 1.82 bits per heavy atom. The van der Waals surface area contributed by atoms with Crippen LogP contribution in [0.2, 0.25) is 0 Å². The van der Waals surface area contributed by atoms with E-state index in [1.165, 1.54) is 0 Å². The molecule has 0 unspecified atom stereocenters. The van der Waals surface area contributed by atoms with Gasteiger partial charge in [0.05, 0.1) is 5.56 Å². The molecule has 0 aliphatic carbocycles. The maximum atomic E-state index is 8.39. The van der Waals surface area contributed by atoms with Crippen LogP contribution in [-0.2, 0) is 0 Å². The van der Waals surface area contributed by atoms with E-state index in [2.05, 4.69) is 0 Å². The molecule has 58 valence electrons. The van der Waals surface area contributed by atoms with Crippen molar-refractivity contribution in [3.05, 3.63) is 29.8 Å². The van der Waals surface area contributed by atoms with Crippen LogP contribution in [0, 0.1) is 11.3 Å². The molecule has 1 aromatic rings. The number of nitrogen functional groups attached to an aromatic ring is 1. The Kier molecular flexibility index (Phi) is 4.59. The van der Waals surface area contributed by atoms with Crippen molar-refractivity contribution in [2.75, 3.05) is 5.73 Å². The van der Waals surface area contributed by atoms with Gasteiger partial charge in [0.25, 0.3) is 0 Å². The zero-order valence-electron chi connectivity index (χ0n) is 6.83. The van der Waals surface area contributed by atoms with E-state index in [1.807, 2.05) is 19.9 Å². The van der Waals surface area contributed by atoms with Gasteiger partial charge in [0.15, 0.2) is 0 Å². The number of hydrogen-bond acceptors (Lipinski definition) is 2. The van der Waals surface area contributed by atoms with Crippen molar-refractivity contribution in [3.8, 4) is 6.07 Å². The van der Waals surface area contributed by atoms with Gasteiger partial charge in [0.1, 0.15) is 6.07 Å². The lowest BCUT2D eigenvalue weighted by atomic mass is 10.2. The summed E-state index contributed by atoms with van der Waals surface area (Å²) in [5.41, 5.74) is 6.49. The summed E-state index contributed by atoms with van der Waals surface area (Å²) in [6.07, 6.45) is 0. The molecule has 0 spiro atoms. The zero-order valence-corrected chi connectivity index (χ0v) is 6.83. The van der Waals surface area contributed by atoms with Gasteiger partial charge >= 0.3 is 0 Å². The molecule has 2 N–H and O–H groups in total. The Labute approximate surface area is 67.3 Å². The second kappa shape index (κ2) is 5.31. The van der Waals surface area contributed by atoms with E-state index < -0.39 is 0 Å². The summed E-state index contributed by atoms with van der Waals surface area (Å²) in [6.45, 7) is 4.00. The summed E-state index contributed by atoms with van der Waals surface area (Å²) in [5, 5.41) is 8.39. The van der Waals surface area contributed by atoms with Crippen LogP contribution in [-0.4, -0.2) is 0 Å². The number of nitriles is 1. The van der Waals surface area contributed by atoms with Gasteiger partial charge in [0, 0.05) is 5.69 Å². The van der Waals surface area contributed by atoms with Crippen molar-refractivity contribution < 1.29 is 0 Å². The molecule has 2 heteroatoms. The molecule has 0 bridgehead atoms. The molecule has 1 aromatic carbocycles. The SMILES string of the molecule is CC.N#Cc1ccccc1N. The summed E-state index contributed by atoms with van der Waals surface area (Å²) in [5.74, 6) is 0. The van der Waals surface area contributed by atoms with Crippen LogP contribution < -0.4 is 5.73 Å². The number of nitrogens with two attached hydrogens (primary N) is 1. The Bertz CT molecular complexity index is 248. The fourth-order valence-corrected chi connectivity index (χ4v) is 0.599. The molecule has 0 amide bonds. The standard InChI is InChI=1S/C7H6N2.C2H6/c8-5-6-3-1-2-4-7(6)9;1-2/h1-4H,9H2;1-2H3. The summed E-state index contributed by atoms with van der Waals surface area (Å²) in [4.78, 5) is 0. The molecule has 0 aliphatic heterocycles. The number of nitrogens with zero attached hydrogens (tertiary/aromatic N) is 1. The molecule has 2 nitrogen and oxygen atoms in total. The number of rotatable bonds is 0. The maximum Gasteiger partial charge on any atom is 0.101 e. The quantitative estimate of drug-likeness (QED) is 0.573. The van der Waals surface area contributed by atoms with E-state index in [-0.39, 0.29) is 0 Å². The highest BCUT2D eigenvalue weighted by molar-refractivity contribution is 5.53. The lowest BCUT2D eigenvalue weighted by molar-refractivity contribution is 1.48. The van der Waals surface area contributed by atoms with Crippen molar-refractivity contribution in [1.29, 1.82) is 5.26 Å². The predicted octanol–water partition coefficient (Wildman–Crippen LogP) is 2.17. The Hall–Kier alpha value is -1.49. The van der Waals surface area contributed by atoms with Gasteiger partial charge in [-0.25, -0.2) is 0 Å². The van der Waals surface area contributed by atoms with Crippen molar-refractivity contribution in [1.82, 2.24) is 0 Å². The molecular weight excluding hydrogens is 136 g/mol. The van der Waals surface area contributed by atoms with Crippen LogP contribution in [0.4, 0.5) is 5.69 Å². The zero-order chi connectivity index (χ0) is 8.69. The van der Waals surface area contributed by atoms with Crippen LogP contribution in [0.1, 0.15) is 19.4 Å². The number of hydrogen-bond donors (Lipinski definition) is 1. The molecule has 0 saturated carbocycles. The highest BCUT2D eigenvalue weighted by atomic mass is 14.6. The van der Waals surface area contributed by atoms with Crippen LogP contribution in [0.25, 0.3) is 0 Å². The van der Waals surface area contributed by atoms with Gasteiger partial charge in [-0.05, 0) is 12.1 Å². The van der Waals surface area contributed by atoms with Crippen LogP contribution in [0.3, 0.4) is 0 Å². The minimum Gasteiger partial charge on any atom is -0.398 e. The fraction of sp³-hybridized carbons (Fsp3) is 0.222. The molecule has 0 fully saturated rings. The molecule has 0 saturated heterocycles. The maximum absolute atomic E-state index is 8.39. The second-order valence-corrected chi connectivity index (χ2v) is 1.70. The predicted molar refractivity (Wildman–Crippen MR) is 46.9 cm³/mol. The molecule has 0 aliphatic rings. The third-order valence-corrected chi connectivity index (χ3v) is 1.08. The van der Waals surface area contributed by atoms with E-state index in [1.54, 1.807) is 24.3 Å². The first kappa shape index (κ1) is 9.51. The summed E-state index contributed by atoms with van der Waals surface area (Å²) in [7, 11) is 0. The molecule has 0 atom stereocenters. The van der Waals surface area contributed by atoms with Crippen LogP contribution >= 0.6 is 0 Å². The third-order valence-electron chi connectivity index (χ3n) is 1.08. The van der Waals surface area contributed by atoms with Gasteiger partial charge in [0.2, 0.25) is 0 Å². The van der Waals surface area contributed by atoms with Gasteiger partial charge in [-0.1, -0.05) is 26.0 Å². The molecular formula is C9H12N2. The molecule has 11 heavy (non-hydrogen) atoms. The minimum atomic E-state index is 0.539. The summed E-state index contributed by atoms with van der Waals surface area (Å²) < 4.78 is 0. The van der Waals surface area contributed by atoms with Gasteiger partial charge in [-0.3, -0.25) is 0 Å². The van der Waals surface area contributed by atoms with E-state index in [9.17, 15) is 0 Å². The first-order valence-corrected chi connectivity index (χ1v) is 3.59. The summed E-state index contributed by atoms with van der Waals surface area (Å²) in [6, 6.07) is 8.96. The fourth-order valence-electron chi connectivity index (χ4n) is 0.599. The second-order valence-electron chi connectivity index (χ2n) is 1.70. The van der Waals surface area contributed by atoms with E-state index in [4.69, 9.17) is 11.0 Å². The van der Waals surface area contributed by atoms with Gasteiger partial charge in [-0.2, -0.15) is 5.26 Å². The first-order valence-electron chi connectivity index (χ1n) is 3.59. The number of anilines is 1. The van der Waals surface area contributed by atoms with E-state index in [0.717, 1.165) is 0 Å². The molecule has 0 heterocycles. The Balaban J connectivity index is 0.000000461. The normalized spacial score (nSPS) is 7.36. The number of benzene rings is 1. The number of para-hydroxylation sites is 1. The van der Waals surface area contributed by atoms with Crippen molar-refractivity contribution >= 4 is 5.69 Å². The van der Waals surface area contributed by atoms with Crippen LogP contribution in [0.15, 0.2) is 24.3 Å². The topological polar surface area (TPSA) is 49.8 Å². The first-order chi connectivity index (χ1) is 5.34. The molecule has 0 radical (unpaired) electrons. The highest BCUT2D eigenvalue weighted by Crippen LogP contribution is 2.06. The average molecular weight is 148 g/mol. The minimum absolute atomic E-state index is 0.539. The van der Waals surface area contributed by atoms with Crippen molar-refractivity contribution in [2.24, 2.45) is 0 Å². The van der Waals surface area contributed by atoms with E-state index in [0.29, 0.717) is 11.3 Å². The monoisotopic (exact) mass is 148 g/mol. The lowest BCUT2D eigenvalue weighted by Crippen LogP contribution is -1.87. The third kappa shape index (κ3) is 2.72. The Morgan fingerprint density at radius 3 is 2.18 bits per heavy atom. The van der Waals surface area contributed by atoms with E-state index >= 15 is 0 Å². The van der Waals surface area contributed by atoms with Crippen LogP contribution in [0.5, 0.6) is 0 Å². The highest BCUT2D eigenvalue weighted by Gasteiger charge is 1.90. The smallest absolute Gasteiger partial charge is 0.101 e. The lowest BCUT2D eigenvalue weighted by Gasteiger charge is -1.91. The average Bonchev–Trinajstić information content (AvgIpc) is 2.09. The molecule has 0 aromatic heterocycles. The summed E-state index contributed by atoms with van der Waals surface area (Å²) >= 11 is 0. The molecule has 1 rings (SSSR count). The van der Waals surface area contributed by atoms with Gasteiger partial charge in [-0.15, -0.1) is 0 Å². The van der Waals surface area contributed by atoms with Crippen molar-refractivity contribution in [3.63, 3.8) is 0 Å². The van der Waals surface area contributed by atoms with Crippen molar-refractivity contribution in [2.45, 2.75) is 13.8 Å². The Morgan fingerprint density at radius 1 is 1.27 bits per heavy atom. The van der Waals surface area contributed by atoms with Gasteiger partial charge < -0.3 is 5.73 Å². The largest absolute Gasteiger partial charge is 0.398 e.